The molecule has 0 atom stereocenters. The second kappa shape index (κ2) is 10.3. The number of carbonyl (C=O) groups excluding carboxylic acids is 2. The maximum absolute atomic E-state index is 13.1. The molecule has 1 aromatic carbocycles. The second-order valence-electron chi connectivity index (χ2n) is 7.85. The number of ether oxygens (including phenoxy) is 2. The van der Waals surface area contributed by atoms with Gasteiger partial charge in [-0.2, -0.15) is 0 Å². The molecule has 0 amide bonds. The van der Waals surface area contributed by atoms with Crippen LogP contribution in [0.15, 0.2) is 28.8 Å². The zero-order valence-electron chi connectivity index (χ0n) is 17.4. The lowest BCUT2D eigenvalue weighted by Crippen LogP contribution is -2.23. The van der Waals surface area contributed by atoms with Crippen molar-refractivity contribution < 1.29 is 19.1 Å². The number of anilines is 1. The van der Waals surface area contributed by atoms with Crippen molar-refractivity contribution in [2.45, 2.75) is 51.0 Å². The lowest BCUT2D eigenvalue weighted by molar-refractivity contribution is -0.102. The van der Waals surface area contributed by atoms with Crippen molar-refractivity contribution in [1.82, 2.24) is 0 Å². The van der Waals surface area contributed by atoms with Gasteiger partial charge in [0.1, 0.15) is 6.10 Å². The van der Waals surface area contributed by atoms with Crippen molar-refractivity contribution >= 4 is 29.8 Å². The first-order valence-electron chi connectivity index (χ1n) is 10.4. The third-order valence-electron chi connectivity index (χ3n) is 5.41. The lowest BCUT2D eigenvalue weighted by Gasteiger charge is -2.25. The summed E-state index contributed by atoms with van der Waals surface area (Å²) in [6.45, 7) is 1.34. The molecule has 1 aliphatic heterocycles. The molecule has 0 unspecified atom stereocenters. The molecule has 3 rings (SSSR count). The Morgan fingerprint density at radius 2 is 2.07 bits per heavy atom. The van der Waals surface area contributed by atoms with E-state index in [2.05, 4.69) is 11.1 Å². The smallest absolute Gasteiger partial charge is 0.340 e. The van der Waals surface area contributed by atoms with E-state index in [4.69, 9.17) is 9.47 Å². The third kappa shape index (κ3) is 5.76. The molecule has 1 aromatic rings. The van der Waals surface area contributed by atoms with Gasteiger partial charge in [0.25, 0.3) is 0 Å². The van der Waals surface area contributed by atoms with Crippen molar-refractivity contribution in [3.8, 4) is 0 Å². The Morgan fingerprint density at radius 3 is 2.72 bits per heavy atom. The van der Waals surface area contributed by atoms with Gasteiger partial charge in [0.2, 0.25) is 0 Å². The number of hydrogen-bond acceptors (Lipinski definition) is 6. The van der Waals surface area contributed by atoms with Crippen LogP contribution >= 0.6 is 0 Å². The summed E-state index contributed by atoms with van der Waals surface area (Å²) in [4.78, 5) is 30.1. The summed E-state index contributed by atoms with van der Waals surface area (Å²) >= 11 is 0. The summed E-state index contributed by atoms with van der Waals surface area (Å²) in [6.07, 6.45) is 10.8. The first kappa shape index (κ1) is 21.2. The van der Waals surface area contributed by atoms with Crippen molar-refractivity contribution in [2.75, 3.05) is 32.2 Å². The van der Waals surface area contributed by atoms with E-state index in [1.165, 1.54) is 18.2 Å². The largest absolute Gasteiger partial charge is 0.459 e. The molecule has 0 spiro atoms. The molecule has 0 N–H and O–H groups in total. The third-order valence-corrected chi connectivity index (χ3v) is 5.41. The Labute approximate surface area is 172 Å². The highest BCUT2D eigenvalue weighted by Gasteiger charge is 2.24. The van der Waals surface area contributed by atoms with Crippen LogP contribution in [0.5, 0.6) is 0 Å². The molecule has 6 nitrogen and oxygen atoms in total. The molecular weight excluding hydrogens is 368 g/mol. The monoisotopic (exact) mass is 398 g/mol. The Hall–Kier alpha value is -2.47. The van der Waals surface area contributed by atoms with Gasteiger partial charge in [-0.15, -0.1) is 0 Å². The minimum Gasteiger partial charge on any atom is -0.459 e. The lowest BCUT2D eigenvalue weighted by atomic mass is 9.96. The quantitative estimate of drug-likeness (QED) is 0.300. The number of aliphatic imine (C=N–C) groups is 1. The van der Waals surface area contributed by atoms with E-state index in [0.717, 1.165) is 44.1 Å². The summed E-state index contributed by atoms with van der Waals surface area (Å²) < 4.78 is 11.2. The Bertz CT molecular complexity index is 792. The fourth-order valence-corrected chi connectivity index (χ4v) is 4.00. The van der Waals surface area contributed by atoms with Gasteiger partial charge < -0.3 is 14.4 Å². The van der Waals surface area contributed by atoms with E-state index in [1.807, 2.05) is 31.1 Å². The molecule has 1 saturated carbocycles. The molecule has 156 valence electrons. The summed E-state index contributed by atoms with van der Waals surface area (Å²) in [7, 11) is 3.74. The SMILES string of the molecule is CN(C)c1c(/N=C\C=O)cc(CC2=CCOCC2)cc1C(=O)OC1CCCCC1. The van der Waals surface area contributed by atoms with Crippen LogP contribution in [0.4, 0.5) is 11.4 Å². The van der Waals surface area contributed by atoms with Gasteiger partial charge in [0.05, 0.1) is 36.4 Å². The normalized spacial score (nSPS) is 17.8. The Morgan fingerprint density at radius 1 is 1.28 bits per heavy atom. The van der Waals surface area contributed by atoms with Gasteiger partial charge in [-0.3, -0.25) is 9.79 Å². The van der Waals surface area contributed by atoms with Gasteiger partial charge in [-0.25, -0.2) is 4.79 Å². The minimum atomic E-state index is -0.314. The Balaban J connectivity index is 1.96. The van der Waals surface area contributed by atoms with Crippen LogP contribution in [-0.2, 0) is 20.7 Å². The molecule has 1 aliphatic carbocycles. The summed E-state index contributed by atoms with van der Waals surface area (Å²) in [5.41, 5.74) is 4.04. The number of hydrogen-bond donors (Lipinski definition) is 0. The molecular formula is C23H30N2O4. The van der Waals surface area contributed by atoms with Gasteiger partial charge >= 0.3 is 5.97 Å². The predicted molar refractivity (Wildman–Crippen MR) is 114 cm³/mol. The van der Waals surface area contributed by atoms with Crippen LogP contribution in [0.1, 0.15) is 54.4 Å². The maximum Gasteiger partial charge on any atom is 0.340 e. The zero-order chi connectivity index (χ0) is 20.6. The van der Waals surface area contributed by atoms with Crippen LogP contribution in [0, 0.1) is 0 Å². The van der Waals surface area contributed by atoms with E-state index < -0.39 is 0 Å². The van der Waals surface area contributed by atoms with Crippen molar-refractivity contribution in [2.24, 2.45) is 4.99 Å². The first-order chi connectivity index (χ1) is 14.1. The molecule has 6 heteroatoms. The number of esters is 1. The molecule has 1 heterocycles. The summed E-state index contributed by atoms with van der Waals surface area (Å²) in [5.74, 6) is -0.314. The van der Waals surface area contributed by atoms with Crippen LogP contribution in [-0.4, -0.2) is 51.9 Å². The minimum absolute atomic E-state index is 0.0185. The molecule has 0 saturated heterocycles. The van der Waals surface area contributed by atoms with Gasteiger partial charge in [-0.1, -0.05) is 18.1 Å². The average Bonchev–Trinajstić information content (AvgIpc) is 2.73. The topological polar surface area (TPSA) is 68.2 Å². The number of rotatable bonds is 7. The number of nitrogens with zero attached hydrogens (tertiary/aromatic N) is 2. The van der Waals surface area contributed by atoms with Gasteiger partial charge in [0, 0.05) is 14.1 Å². The Kier molecular flexibility index (Phi) is 7.58. The van der Waals surface area contributed by atoms with Crippen molar-refractivity contribution in [3.63, 3.8) is 0 Å². The van der Waals surface area contributed by atoms with E-state index in [1.54, 1.807) is 0 Å². The predicted octanol–water partition coefficient (Wildman–Crippen LogP) is 4.03. The fraction of sp³-hybridized carbons (Fsp3) is 0.522. The molecule has 0 radical (unpaired) electrons. The van der Waals surface area contributed by atoms with Crippen LogP contribution in [0.25, 0.3) is 0 Å². The zero-order valence-corrected chi connectivity index (χ0v) is 17.4. The van der Waals surface area contributed by atoms with Crippen LogP contribution in [0.3, 0.4) is 0 Å². The van der Waals surface area contributed by atoms with Crippen LogP contribution < -0.4 is 4.90 Å². The van der Waals surface area contributed by atoms with Crippen LogP contribution in [0.2, 0.25) is 0 Å². The highest BCUT2D eigenvalue weighted by molar-refractivity contribution is 6.14. The van der Waals surface area contributed by atoms with Gasteiger partial charge in [-0.05, 0) is 56.2 Å². The molecule has 0 bridgehead atoms. The highest BCUT2D eigenvalue weighted by Crippen LogP contribution is 2.35. The molecule has 0 aromatic heterocycles. The summed E-state index contributed by atoms with van der Waals surface area (Å²) in [6, 6.07) is 3.86. The average molecular weight is 399 g/mol. The number of aldehydes is 1. The highest BCUT2D eigenvalue weighted by atomic mass is 16.5. The van der Waals surface area contributed by atoms with E-state index >= 15 is 0 Å². The standard InChI is InChI=1S/C23H30N2O4/c1-25(2)22-20(23(27)29-19-6-4-3-5-7-19)15-18(16-21(22)24-10-11-26)14-17-8-12-28-13-9-17/h8,10-11,15-16,19H,3-7,9,12-14H2,1-2H3/b24-10-. The number of benzene rings is 1. The van der Waals surface area contributed by atoms with E-state index in [0.29, 0.717) is 36.4 Å². The molecule has 2 aliphatic rings. The summed E-state index contributed by atoms with van der Waals surface area (Å²) in [5, 5.41) is 0. The number of carbonyl (C=O) groups is 2. The van der Waals surface area contributed by atoms with E-state index in [-0.39, 0.29) is 12.1 Å². The van der Waals surface area contributed by atoms with Crippen molar-refractivity contribution in [1.29, 1.82) is 0 Å². The second-order valence-corrected chi connectivity index (χ2v) is 7.85. The molecule has 1 fully saturated rings. The van der Waals surface area contributed by atoms with Crippen molar-refractivity contribution in [3.05, 3.63) is 34.9 Å². The fourth-order valence-electron chi connectivity index (χ4n) is 4.00. The van der Waals surface area contributed by atoms with Gasteiger partial charge in [0.15, 0.2) is 6.29 Å². The first-order valence-corrected chi connectivity index (χ1v) is 10.4. The van der Waals surface area contributed by atoms with E-state index in [9.17, 15) is 9.59 Å². The molecule has 29 heavy (non-hydrogen) atoms. The maximum atomic E-state index is 13.1.